The minimum Gasteiger partial charge on any atom is -0.481 e. The summed E-state index contributed by atoms with van der Waals surface area (Å²) >= 11 is 6.27. The van der Waals surface area contributed by atoms with Crippen LogP contribution in [0.2, 0.25) is 0 Å². The Balaban J connectivity index is -0.00000110. The van der Waals surface area contributed by atoms with Crippen molar-refractivity contribution in [1.82, 2.24) is 63.2 Å². The molecule has 0 spiro atoms. The molecule has 1 heterocycles. The van der Waals surface area contributed by atoms with Gasteiger partial charge in [-0.3, -0.25) is 43.2 Å². The maximum absolute atomic E-state index is 11.8. The molecule has 1 rings (SSSR count). The number of carboxylic acid groups (broad SMARTS) is 9. The van der Waals surface area contributed by atoms with E-state index in [0.717, 1.165) is 11.8 Å². The lowest BCUT2D eigenvalue weighted by molar-refractivity contribution is -0.142. The van der Waals surface area contributed by atoms with Gasteiger partial charge in [0.15, 0.2) is 24.9 Å². The first-order valence-electron chi connectivity index (χ1n) is 24.4. The predicted octanol–water partition coefficient (Wildman–Crippen LogP) is -2.96. The predicted molar refractivity (Wildman–Crippen MR) is 291 cm³/mol. The fourth-order valence-corrected chi connectivity index (χ4v) is 6.88. The van der Waals surface area contributed by atoms with E-state index in [-0.39, 0.29) is 91.6 Å². The third-order valence-electron chi connectivity index (χ3n) is 9.19. The minimum atomic E-state index is -1.45. The molecule has 0 aromatic carbocycles. The molecule has 496 valence electrons. The van der Waals surface area contributed by atoms with Crippen LogP contribution in [0, 0.1) is 0 Å². The van der Waals surface area contributed by atoms with Crippen LogP contribution in [-0.2, 0) is 81.3 Å². The van der Waals surface area contributed by atoms with Gasteiger partial charge in [-0.15, -0.1) is 10.2 Å². The van der Waals surface area contributed by atoms with Crippen LogP contribution in [0.15, 0.2) is 5.16 Å². The highest BCUT2D eigenvalue weighted by atomic mass is 32.2. The van der Waals surface area contributed by atoms with E-state index >= 15 is 0 Å². The number of nitrogens with one attached hydrogen (secondary N) is 9. The molecule has 0 aliphatic carbocycles. The third kappa shape index (κ3) is 47.6. The van der Waals surface area contributed by atoms with Gasteiger partial charge in [-0.2, -0.15) is 29.6 Å². The Kier molecular flexibility index (Phi) is 44.6. The SMILES string of the molecule is CC(C)(C)SC[C@H](NC(=O)N[C@@H](CCC(=O)O)C(=O)O)OC=O.O=CO[C@H](CCC(=O)O)NC(=O)N[C@@H](CCC(=O)O)C(=O)O.O=CO[C@H](CS)NC(=O)N[C@@H](CCC(=O)O)C(=O)O.O=CO[C@H](CSc1nn[nH]n1)NC(=O)N[C@@H](CCC(=O)O)C(=O)O. The van der Waals surface area contributed by atoms with Gasteiger partial charge >= 0.3 is 77.8 Å². The molecule has 88 heavy (non-hydrogen) atoms. The van der Waals surface area contributed by atoms with E-state index in [0.29, 0.717) is 0 Å². The largest absolute Gasteiger partial charge is 0.481 e. The average Bonchev–Trinajstić information content (AvgIpc) is 4.11. The minimum absolute atomic E-state index is 0.000968. The molecule has 0 saturated carbocycles. The number of aliphatic carboxylic acids is 9. The van der Waals surface area contributed by atoms with E-state index in [1.807, 2.05) is 26.1 Å². The molecule has 0 saturated heterocycles. The summed E-state index contributed by atoms with van der Waals surface area (Å²) in [5, 5.41) is 108. The molecule has 0 aliphatic heterocycles. The van der Waals surface area contributed by atoms with E-state index in [4.69, 9.17) is 50.7 Å². The van der Waals surface area contributed by atoms with Gasteiger partial charge in [0.25, 0.3) is 25.9 Å². The van der Waals surface area contributed by atoms with Crippen molar-refractivity contribution in [1.29, 1.82) is 0 Å². The van der Waals surface area contributed by atoms with E-state index in [2.05, 4.69) is 84.7 Å². The number of rotatable bonds is 41. The molecule has 42 nitrogen and oxygen atoms in total. The summed E-state index contributed by atoms with van der Waals surface area (Å²) in [5.74, 6) is -11.2. The molecule has 0 aliphatic rings. The number of ether oxygens (including phenoxy) is 4. The lowest BCUT2D eigenvalue weighted by Crippen LogP contribution is -2.50. The second-order valence-corrected chi connectivity index (χ2v) is 20.4. The topological polar surface area (TPSA) is 660 Å². The Morgan fingerprint density at radius 2 is 0.739 bits per heavy atom. The van der Waals surface area contributed by atoms with Crippen LogP contribution >= 0.6 is 36.2 Å². The van der Waals surface area contributed by atoms with Gasteiger partial charge in [-0.1, -0.05) is 32.5 Å². The van der Waals surface area contributed by atoms with Crippen molar-refractivity contribution in [2.24, 2.45) is 0 Å². The summed E-state index contributed by atoms with van der Waals surface area (Å²) in [6, 6.07) is -9.28. The summed E-state index contributed by atoms with van der Waals surface area (Å²) in [7, 11) is 0. The first kappa shape index (κ1) is 82.5. The highest BCUT2D eigenvalue weighted by Gasteiger charge is 2.27. The lowest BCUT2D eigenvalue weighted by atomic mass is 10.1. The molecule has 1 aromatic heterocycles. The monoisotopic (exact) mass is 1330 g/mol. The highest BCUT2D eigenvalue weighted by molar-refractivity contribution is 8.00. The second-order valence-electron chi connectivity index (χ2n) is 17.2. The maximum Gasteiger partial charge on any atom is 0.326 e. The zero-order valence-corrected chi connectivity index (χ0v) is 48.9. The van der Waals surface area contributed by atoms with Crippen LogP contribution in [0.3, 0.4) is 0 Å². The number of hydrogen-bond donors (Lipinski definition) is 19. The fourth-order valence-electron chi connectivity index (χ4n) is 5.22. The number of amides is 8. The van der Waals surface area contributed by atoms with Crippen molar-refractivity contribution in [3.05, 3.63) is 0 Å². The molecule has 8 atom stereocenters. The normalized spacial score (nSPS) is 12.9. The third-order valence-corrected chi connectivity index (χ3v) is 11.8. The Hall–Kier alpha value is -9.69. The Morgan fingerprint density at radius 1 is 0.455 bits per heavy atom. The van der Waals surface area contributed by atoms with Gasteiger partial charge in [-0.25, -0.2) is 38.4 Å². The number of nitrogens with zero attached hydrogens (tertiary/aromatic N) is 3. The smallest absolute Gasteiger partial charge is 0.326 e. The number of thiol groups is 1. The van der Waals surface area contributed by atoms with Crippen molar-refractivity contribution in [3.8, 4) is 0 Å². The number of tetrazole rings is 1. The van der Waals surface area contributed by atoms with Gasteiger partial charge in [0.2, 0.25) is 5.16 Å². The summed E-state index contributed by atoms with van der Waals surface area (Å²) in [6.45, 7) is 6.26. The number of carbonyl (C=O) groups is 17. The van der Waals surface area contributed by atoms with E-state index in [1.165, 1.54) is 11.8 Å². The van der Waals surface area contributed by atoms with E-state index in [1.54, 1.807) is 0 Å². The zero-order valence-electron chi connectivity index (χ0n) is 46.3. The van der Waals surface area contributed by atoms with Crippen LogP contribution in [0.4, 0.5) is 19.2 Å². The number of thioether (sulfide) groups is 2. The molecule has 0 radical (unpaired) electrons. The van der Waals surface area contributed by atoms with Crippen LogP contribution < -0.4 is 42.5 Å². The number of aromatic nitrogens is 4. The summed E-state index contributed by atoms with van der Waals surface area (Å²) in [5.41, 5.74) is 0. The zero-order chi connectivity index (χ0) is 68.0. The van der Waals surface area contributed by atoms with Crippen LogP contribution in [-0.4, -0.2) is 241 Å². The van der Waals surface area contributed by atoms with Crippen LogP contribution in [0.25, 0.3) is 0 Å². The van der Waals surface area contributed by atoms with Gasteiger partial charge in [0, 0.05) is 42.6 Å². The second kappa shape index (κ2) is 47.5. The van der Waals surface area contributed by atoms with Gasteiger partial charge in [0.1, 0.15) is 24.2 Å². The van der Waals surface area contributed by atoms with Crippen molar-refractivity contribution in [3.63, 3.8) is 0 Å². The molecule has 18 N–H and O–H groups in total. The van der Waals surface area contributed by atoms with E-state index in [9.17, 15) is 81.5 Å². The highest BCUT2D eigenvalue weighted by Crippen LogP contribution is 2.24. The molecule has 0 fully saturated rings. The summed E-state index contributed by atoms with van der Waals surface area (Å²) in [4.78, 5) is 183. The number of aromatic amines is 1. The number of urea groups is 4. The molecular weight excluding hydrogens is 1260 g/mol. The Morgan fingerprint density at radius 3 is 1.01 bits per heavy atom. The first-order valence-corrected chi connectivity index (χ1v) is 27.0. The average molecular weight is 1330 g/mol. The standard InChI is InChI=1S/C13H22N2O7S.C11H16N2O9.C10H14N6O7S.C9H14N2O7S/c1-13(2,3)23-6-9(22-7-16)15-12(21)14-8(11(19)20)4-5-10(17)18;14-5-22-7(2-4-9(17)18)13-11(21)12-6(10(19)20)1-3-8(15)16;17-4-23-6(3-24-10-13-15-16-14-10)12-9(22)11-5(8(20)21)1-2-7(18)19;12-4-18-6(3-19)11-9(17)10-5(8(15)16)1-2-7(13)14/h7-9H,4-6H2,1-3H3,(H,17,18)(H,19,20)(H2,14,15,21);5-7H,1-4H2,(H,15,16)(H,17,18)(H,19,20)(H2,12,13,21);4-6H,1-3H2,(H,18,19)(H,20,21)(H2,11,12,22)(H,13,14,15,16);4-6,19H,1-3H2,(H,13,14)(H,15,16)(H2,10,11,17)/t8-,9+;6-,7+;2*5-,6+/m0000/s1. The Labute approximate surface area is 509 Å². The van der Waals surface area contributed by atoms with Crippen molar-refractivity contribution in [2.45, 2.75) is 144 Å². The molecule has 8 amide bonds. The fraction of sp³-hybridized carbons (Fsp3) is 0.581. The number of hydrogen-bond acceptors (Lipinski definition) is 27. The first-order chi connectivity index (χ1) is 41.1. The number of carboxylic acids is 9. The van der Waals surface area contributed by atoms with Gasteiger partial charge in [-0.05, 0) is 30.9 Å². The van der Waals surface area contributed by atoms with Crippen molar-refractivity contribution >= 4 is 140 Å². The van der Waals surface area contributed by atoms with Crippen LogP contribution in [0.1, 0.15) is 85.0 Å². The van der Waals surface area contributed by atoms with Crippen molar-refractivity contribution < 1.29 is 146 Å². The number of carbonyl (C=O) groups excluding carboxylic acids is 8. The molecule has 45 heteroatoms. The van der Waals surface area contributed by atoms with Gasteiger partial charge in [0.05, 0.1) is 17.9 Å². The molecular formula is C43H66N12O30S3. The van der Waals surface area contributed by atoms with Crippen LogP contribution in [0.5, 0.6) is 0 Å². The maximum atomic E-state index is 11.8. The Bertz CT molecular complexity index is 2440. The molecule has 0 unspecified atom stereocenters. The molecule has 0 bridgehead atoms. The van der Waals surface area contributed by atoms with Gasteiger partial charge < -0.3 is 107 Å². The lowest BCUT2D eigenvalue weighted by Gasteiger charge is -2.23. The molecule has 1 aromatic rings. The number of H-pyrrole nitrogens is 1. The quantitative estimate of drug-likeness (QED) is 0.0102. The van der Waals surface area contributed by atoms with Crippen molar-refractivity contribution in [2.75, 3.05) is 17.3 Å². The summed E-state index contributed by atoms with van der Waals surface area (Å²) < 4.78 is 18.1. The summed E-state index contributed by atoms with van der Waals surface area (Å²) in [6.07, 6.45) is -7.72. The van der Waals surface area contributed by atoms with E-state index < -0.39 is 153 Å².